The molecule has 0 atom stereocenters. The Morgan fingerprint density at radius 1 is 1.21 bits per heavy atom. The van der Waals surface area contributed by atoms with Crippen molar-refractivity contribution in [2.45, 2.75) is 19.6 Å². The molecule has 2 heterocycles. The number of hydrogen-bond donors (Lipinski definition) is 0. The Hall–Kier alpha value is -2.54. The van der Waals surface area contributed by atoms with Gasteiger partial charge in [-0.15, -0.1) is 0 Å². The molecule has 7 heteroatoms. The number of rotatable bonds is 5. The number of benzene rings is 1. The minimum Gasteiger partial charge on any atom is -0.459 e. The predicted octanol–water partition coefficient (Wildman–Crippen LogP) is 2.69. The van der Waals surface area contributed by atoms with Gasteiger partial charge in [-0.1, -0.05) is 22.0 Å². The number of nitrogens with zero attached hydrogens (tertiary/aromatic N) is 3. The highest BCUT2D eigenvalue weighted by atomic mass is 79.9. The number of fused-ring (bicyclic) bond motifs is 1. The van der Waals surface area contributed by atoms with Crippen LogP contribution >= 0.6 is 15.9 Å². The van der Waals surface area contributed by atoms with Crippen LogP contribution in [0.3, 0.4) is 0 Å². The van der Waals surface area contributed by atoms with Crippen LogP contribution < -0.4 is 5.56 Å². The van der Waals surface area contributed by atoms with Crippen molar-refractivity contribution in [3.63, 3.8) is 0 Å². The van der Waals surface area contributed by atoms with Gasteiger partial charge >= 0.3 is 5.97 Å². The average Bonchev–Trinajstić information content (AvgIpc) is 2.61. The SMILES string of the molecule is O=C(CCn1cnc2ccc(Br)cc2c1=O)OCc1ccccn1. The zero-order valence-electron chi connectivity index (χ0n) is 12.7. The van der Waals surface area contributed by atoms with Gasteiger partial charge in [0, 0.05) is 17.2 Å². The molecule has 0 radical (unpaired) electrons. The molecule has 24 heavy (non-hydrogen) atoms. The molecule has 0 fully saturated rings. The van der Waals surface area contributed by atoms with E-state index in [0.29, 0.717) is 16.6 Å². The van der Waals surface area contributed by atoms with Gasteiger partial charge in [0.15, 0.2) is 0 Å². The smallest absolute Gasteiger partial charge is 0.307 e. The quantitative estimate of drug-likeness (QED) is 0.629. The molecule has 0 N–H and O–H groups in total. The maximum atomic E-state index is 12.4. The monoisotopic (exact) mass is 387 g/mol. The van der Waals surface area contributed by atoms with Gasteiger partial charge < -0.3 is 4.74 Å². The molecule has 0 unspecified atom stereocenters. The lowest BCUT2D eigenvalue weighted by Gasteiger charge is -2.07. The van der Waals surface area contributed by atoms with Crippen LogP contribution in [0, 0.1) is 0 Å². The number of aryl methyl sites for hydroxylation is 1. The van der Waals surface area contributed by atoms with E-state index < -0.39 is 0 Å². The number of esters is 1. The topological polar surface area (TPSA) is 74.1 Å². The van der Waals surface area contributed by atoms with Crippen molar-refractivity contribution in [2.75, 3.05) is 0 Å². The summed E-state index contributed by atoms with van der Waals surface area (Å²) in [7, 11) is 0. The third-order valence-electron chi connectivity index (χ3n) is 3.45. The minimum atomic E-state index is -0.387. The summed E-state index contributed by atoms with van der Waals surface area (Å²) in [6.07, 6.45) is 3.18. The highest BCUT2D eigenvalue weighted by Gasteiger charge is 2.08. The molecular formula is C17H14BrN3O3. The van der Waals surface area contributed by atoms with E-state index in [9.17, 15) is 9.59 Å². The second kappa shape index (κ2) is 7.35. The summed E-state index contributed by atoms with van der Waals surface area (Å²) in [4.78, 5) is 32.6. The Kier molecular flexibility index (Phi) is 5.00. The normalized spacial score (nSPS) is 10.7. The molecule has 0 saturated carbocycles. The number of hydrogen-bond acceptors (Lipinski definition) is 5. The molecule has 0 bridgehead atoms. The van der Waals surface area contributed by atoms with Crippen LogP contribution in [0.25, 0.3) is 10.9 Å². The second-order valence-corrected chi connectivity index (χ2v) is 6.05. The third-order valence-corrected chi connectivity index (χ3v) is 3.94. The molecule has 3 aromatic rings. The van der Waals surface area contributed by atoms with Gasteiger partial charge in [-0.05, 0) is 30.3 Å². The van der Waals surface area contributed by atoms with E-state index in [0.717, 1.165) is 4.47 Å². The van der Waals surface area contributed by atoms with Crippen molar-refractivity contribution in [1.29, 1.82) is 0 Å². The van der Waals surface area contributed by atoms with Crippen LogP contribution in [0.15, 0.2) is 58.2 Å². The number of halogens is 1. The van der Waals surface area contributed by atoms with Crippen molar-refractivity contribution in [3.8, 4) is 0 Å². The lowest BCUT2D eigenvalue weighted by atomic mass is 10.2. The van der Waals surface area contributed by atoms with Crippen molar-refractivity contribution in [2.24, 2.45) is 0 Å². The van der Waals surface area contributed by atoms with Gasteiger partial charge in [-0.25, -0.2) is 4.98 Å². The maximum Gasteiger partial charge on any atom is 0.307 e. The molecule has 0 aliphatic heterocycles. The Balaban J connectivity index is 1.64. The summed E-state index contributed by atoms with van der Waals surface area (Å²) in [6, 6.07) is 10.7. The summed E-state index contributed by atoms with van der Waals surface area (Å²) >= 11 is 3.34. The first-order valence-electron chi connectivity index (χ1n) is 7.34. The Bertz CT molecular complexity index is 925. The fraction of sp³-hybridized carbons (Fsp3) is 0.176. The first-order chi connectivity index (χ1) is 11.6. The minimum absolute atomic E-state index is 0.0912. The average molecular weight is 388 g/mol. The van der Waals surface area contributed by atoms with Gasteiger partial charge in [0.25, 0.3) is 5.56 Å². The number of ether oxygens (including phenoxy) is 1. The molecule has 0 aliphatic carbocycles. The standard InChI is InChI=1S/C17H14BrN3O3/c18-12-4-5-15-14(9-12)17(23)21(11-20-15)8-6-16(22)24-10-13-3-1-2-7-19-13/h1-5,7,9,11H,6,8,10H2. The van der Waals surface area contributed by atoms with Crippen LogP contribution in [0.1, 0.15) is 12.1 Å². The number of pyridine rings is 1. The molecule has 0 aliphatic rings. The largest absolute Gasteiger partial charge is 0.459 e. The molecule has 0 spiro atoms. The van der Waals surface area contributed by atoms with Crippen LogP contribution in [0.2, 0.25) is 0 Å². The summed E-state index contributed by atoms with van der Waals surface area (Å²) in [6.45, 7) is 0.340. The van der Waals surface area contributed by atoms with Gasteiger partial charge in [-0.3, -0.25) is 19.1 Å². The van der Waals surface area contributed by atoms with E-state index in [1.807, 2.05) is 12.1 Å². The molecule has 0 amide bonds. The zero-order chi connectivity index (χ0) is 16.9. The molecular weight excluding hydrogens is 374 g/mol. The molecule has 122 valence electrons. The molecule has 6 nitrogen and oxygen atoms in total. The van der Waals surface area contributed by atoms with Gasteiger partial charge in [0.1, 0.15) is 6.61 Å². The predicted molar refractivity (Wildman–Crippen MR) is 92.4 cm³/mol. The number of aromatic nitrogens is 3. The lowest BCUT2D eigenvalue weighted by molar-refractivity contribution is -0.145. The van der Waals surface area contributed by atoms with Crippen molar-refractivity contribution in [1.82, 2.24) is 14.5 Å². The first kappa shape index (κ1) is 16.3. The fourth-order valence-corrected chi connectivity index (χ4v) is 2.57. The van der Waals surface area contributed by atoms with Crippen LogP contribution in [0.5, 0.6) is 0 Å². The molecule has 2 aromatic heterocycles. The summed E-state index contributed by atoms with van der Waals surface area (Å²) in [5.41, 5.74) is 1.12. The molecule has 1 aromatic carbocycles. The van der Waals surface area contributed by atoms with E-state index in [-0.39, 0.29) is 31.1 Å². The van der Waals surface area contributed by atoms with Crippen LogP contribution in [0.4, 0.5) is 0 Å². The van der Waals surface area contributed by atoms with E-state index in [1.165, 1.54) is 10.9 Å². The summed E-state index contributed by atoms with van der Waals surface area (Å²) < 4.78 is 7.37. The number of carbonyl (C=O) groups is 1. The van der Waals surface area contributed by atoms with E-state index in [2.05, 4.69) is 25.9 Å². The van der Waals surface area contributed by atoms with Gasteiger partial charge in [0.05, 0.1) is 29.3 Å². The van der Waals surface area contributed by atoms with Crippen molar-refractivity contribution >= 4 is 32.8 Å². The Morgan fingerprint density at radius 2 is 2.08 bits per heavy atom. The molecule has 3 rings (SSSR count). The second-order valence-electron chi connectivity index (χ2n) is 5.14. The Labute approximate surface area is 146 Å². The molecule has 0 saturated heterocycles. The fourth-order valence-electron chi connectivity index (χ4n) is 2.21. The lowest BCUT2D eigenvalue weighted by Crippen LogP contribution is -2.22. The maximum absolute atomic E-state index is 12.4. The highest BCUT2D eigenvalue weighted by Crippen LogP contribution is 2.14. The van der Waals surface area contributed by atoms with E-state index in [1.54, 1.807) is 30.5 Å². The highest BCUT2D eigenvalue weighted by molar-refractivity contribution is 9.10. The zero-order valence-corrected chi connectivity index (χ0v) is 14.3. The number of carbonyl (C=O) groups excluding carboxylic acids is 1. The third kappa shape index (κ3) is 3.86. The van der Waals surface area contributed by atoms with Gasteiger partial charge in [-0.2, -0.15) is 0 Å². The van der Waals surface area contributed by atoms with E-state index >= 15 is 0 Å². The summed E-state index contributed by atoms with van der Waals surface area (Å²) in [5, 5.41) is 0.508. The first-order valence-corrected chi connectivity index (χ1v) is 8.13. The Morgan fingerprint density at radius 3 is 2.88 bits per heavy atom. The van der Waals surface area contributed by atoms with Crippen LogP contribution in [-0.2, 0) is 22.7 Å². The summed E-state index contributed by atoms with van der Waals surface area (Å²) in [5.74, 6) is -0.387. The van der Waals surface area contributed by atoms with E-state index in [4.69, 9.17) is 4.74 Å². The van der Waals surface area contributed by atoms with Crippen molar-refractivity contribution in [3.05, 3.63) is 69.4 Å². The van der Waals surface area contributed by atoms with Crippen LogP contribution in [-0.4, -0.2) is 20.5 Å². The van der Waals surface area contributed by atoms with Gasteiger partial charge in [0.2, 0.25) is 0 Å². The van der Waals surface area contributed by atoms with Crippen molar-refractivity contribution < 1.29 is 9.53 Å².